The van der Waals surface area contributed by atoms with E-state index in [-0.39, 0.29) is 12.3 Å². The summed E-state index contributed by atoms with van der Waals surface area (Å²) in [6.07, 6.45) is 0.679. The van der Waals surface area contributed by atoms with E-state index in [1.807, 2.05) is 13.8 Å². The number of nitrogens with zero attached hydrogens (tertiary/aromatic N) is 2. The van der Waals surface area contributed by atoms with Gasteiger partial charge in [0.2, 0.25) is 0 Å². The highest BCUT2D eigenvalue weighted by Crippen LogP contribution is 2.10. The molecule has 1 aromatic rings. The number of hydrogen-bond donors (Lipinski definition) is 2. The van der Waals surface area contributed by atoms with Crippen LogP contribution in [0.15, 0.2) is 10.6 Å². The Balaban J connectivity index is 2.61. The minimum atomic E-state index is -1.09. The largest absolute Gasteiger partial charge is 0.476 e. The Morgan fingerprint density at radius 1 is 1.59 bits per heavy atom. The molecule has 0 aliphatic rings. The van der Waals surface area contributed by atoms with Crippen molar-refractivity contribution < 1.29 is 19.5 Å². The van der Waals surface area contributed by atoms with Gasteiger partial charge in [-0.3, -0.25) is 4.90 Å². The zero-order valence-electron chi connectivity index (χ0n) is 10.1. The predicted octanol–water partition coefficient (Wildman–Crippen LogP) is 0.966. The molecule has 1 aromatic heterocycles. The van der Waals surface area contributed by atoms with E-state index in [1.54, 1.807) is 0 Å². The fourth-order valence-corrected chi connectivity index (χ4v) is 1.48. The fourth-order valence-electron chi connectivity index (χ4n) is 1.48. The summed E-state index contributed by atoms with van der Waals surface area (Å²) >= 11 is 0. The summed E-state index contributed by atoms with van der Waals surface area (Å²) in [4.78, 5) is 12.7. The van der Waals surface area contributed by atoms with Crippen molar-refractivity contribution in [2.45, 2.75) is 32.9 Å². The Kier molecular flexibility index (Phi) is 5.11. The molecular weight excluding hydrogens is 224 g/mol. The van der Waals surface area contributed by atoms with E-state index >= 15 is 0 Å². The lowest BCUT2D eigenvalue weighted by atomic mass is 10.2. The molecule has 6 nitrogen and oxygen atoms in total. The Morgan fingerprint density at radius 2 is 2.29 bits per heavy atom. The Hall–Kier alpha value is -1.40. The molecule has 0 aliphatic carbocycles. The van der Waals surface area contributed by atoms with Gasteiger partial charge in [0.1, 0.15) is 0 Å². The van der Waals surface area contributed by atoms with Crippen LogP contribution in [-0.2, 0) is 6.54 Å². The first kappa shape index (κ1) is 13.7. The Labute approximate surface area is 99.8 Å². The lowest BCUT2D eigenvalue weighted by Gasteiger charge is -2.24. The fraction of sp³-hybridized carbons (Fsp3) is 0.636. The Morgan fingerprint density at radius 3 is 2.76 bits per heavy atom. The normalized spacial score (nSPS) is 11.4. The molecule has 17 heavy (non-hydrogen) atoms. The van der Waals surface area contributed by atoms with E-state index in [2.05, 4.69) is 10.1 Å². The number of aliphatic hydroxyl groups excluding tert-OH is 1. The van der Waals surface area contributed by atoms with E-state index in [0.717, 1.165) is 6.54 Å². The molecule has 0 unspecified atom stereocenters. The van der Waals surface area contributed by atoms with Crippen LogP contribution in [0, 0.1) is 0 Å². The smallest absolute Gasteiger partial charge is 0.358 e. The molecule has 0 aromatic carbocycles. The first-order valence-corrected chi connectivity index (χ1v) is 5.58. The standard InChI is InChI=1S/C11H18N2O4/c1-8(2)13(4-3-5-14)7-9-6-10(11(15)16)12-17-9/h6,8,14H,3-5,7H2,1-2H3,(H,15,16). The third-order valence-electron chi connectivity index (χ3n) is 2.47. The maximum atomic E-state index is 10.6. The van der Waals surface area contributed by atoms with Gasteiger partial charge < -0.3 is 14.7 Å². The molecule has 0 atom stereocenters. The maximum absolute atomic E-state index is 10.6. The molecular formula is C11H18N2O4. The summed E-state index contributed by atoms with van der Waals surface area (Å²) in [5.41, 5.74) is -0.0779. The second kappa shape index (κ2) is 6.36. The monoisotopic (exact) mass is 242 g/mol. The van der Waals surface area contributed by atoms with Crippen LogP contribution in [-0.4, -0.2) is 45.4 Å². The van der Waals surface area contributed by atoms with Gasteiger partial charge in [0, 0.05) is 25.3 Å². The Bertz CT molecular complexity index is 362. The SMILES string of the molecule is CC(C)N(CCCO)Cc1cc(C(=O)O)no1. The number of aliphatic hydroxyl groups is 1. The molecule has 0 bridgehead atoms. The number of carbonyl (C=O) groups is 1. The van der Waals surface area contributed by atoms with Crippen molar-refractivity contribution in [1.82, 2.24) is 10.1 Å². The van der Waals surface area contributed by atoms with Gasteiger partial charge in [-0.05, 0) is 20.3 Å². The topological polar surface area (TPSA) is 86.8 Å². The van der Waals surface area contributed by atoms with Gasteiger partial charge in [-0.1, -0.05) is 5.16 Å². The van der Waals surface area contributed by atoms with Crippen LogP contribution in [0.4, 0.5) is 0 Å². The molecule has 1 heterocycles. The molecule has 0 saturated heterocycles. The predicted molar refractivity (Wildman–Crippen MR) is 60.7 cm³/mol. The van der Waals surface area contributed by atoms with Crippen molar-refractivity contribution in [1.29, 1.82) is 0 Å². The van der Waals surface area contributed by atoms with Gasteiger partial charge in [-0.2, -0.15) is 0 Å². The van der Waals surface area contributed by atoms with Crippen LogP contribution in [0.3, 0.4) is 0 Å². The maximum Gasteiger partial charge on any atom is 0.358 e. The average molecular weight is 242 g/mol. The summed E-state index contributed by atoms with van der Waals surface area (Å²) in [5, 5.41) is 21.0. The second-order valence-electron chi connectivity index (χ2n) is 4.13. The van der Waals surface area contributed by atoms with Gasteiger partial charge in [0.05, 0.1) is 6.54 Å². The quantitative estimate of drug-likeness (QED) is 0.740. The first-order valence-electron chi connectivity index (χ1n) is 5.58. The number of aromatic nitrogens is 1. The van der Waals surface area contributed by atoms with Crippen molar-refractivity contribution in [2.24, 2.45) is 0 Å². The van der Waals surface area contributed by atoms with Gasteiger partial charge in [0.15, 0.2) is 11.5 Å². The minimum Gasteiger partial charge on any atom is -0.476 e. The van der Waals surface area contributed by atoms with Crippen molar-refractivity contribution in [2.75, 3.05) is 13.2 Å². The molecule has 0 saturated carbocycles. The molecule has 0 spiro atoms. The van der Waals surface area contributed by atoms with Crippen LogP contribution in [0.1, 0.15) is 36.5 Å². The van der Waals surface area contributed by atoms with Crippen molar-refractivity contribution in [3.63, 3.8) is 0 Å². The van der Waals surface area contributed by atoms with E-state index in [9.17, 15) is 4.79 Å². The van der Waals surface area contributed by atoms with Crippen molar-refractivity contribution >= 4 is 5.97 Å². The molecule has 0 amide bonds. The molecule has 2 N–H and O–H groups in total. The van der Waals surface area contributed by atoms with Crippen LogP contribution < -0.4 is 0 Å². The number of hydrogen-bond acceptors (Lipinski definition) is 5. The van der Waals surface area contributed by atoms with Crippen molar-refractivity contribution in [3.05, 3.63) is 17.5 Å². The van der Waals surface area contributed by atoms with Crippen molar-refractivity contribution in [3.8, 4) is 0 Å². The molecule has 1 rings (SSSR count). The van der Waals surface area contributed by atoms with Gasteiger partial charge >= 0.3 is 5.97 Å². The van der Waals surface area contributed by atoms with E-state index in [4.69, 9.17) is 14.7 Å². The zero-order chi connectivity index (χ0) is 12.8. The van der Waals surface area contributed by atoms with E-state index in [1.165, 1.54) is 6.07 Å². The summed E-state index contributed by atoms with van der Waals surface area (Å²) in [7, 11) is 0. The average Bonchev–Trinajstić information content (AvgIpc) is 2.72. The summed E-state index contributed by atoms with van der Waals surface area (Å²) in [5.74, 6) is -0.569. The highest BCUT2D eigenvalue weighted by molar-refractivity contribution is 5.85. The van der Waals surface area contributed by atoms with Gasteiger partial charge in [-0.25, -0.2) is 4.79 Å². The molecule has 0 fully saturated rings. The molecule has 0 radical (unpaired) electrons. The third-order valence-corrected chi connectivity index (χ3v) is 2.47. The highest BCUT2D eigenvalue weighted by atomic mass is 16.5. The zero-order valence-corrected chi connectivity index (χ0v) is 10.1. The van der Waals surface area contributed by atoms with Gasteiger partial charge in [-0.15, -0.1) is 0 Å². The summed E-state index contributed by atoms with van der Waals surface area (Å²) in [6.45, 7) is 5.44. The van der Waals surface area contributed by atoms with E-state index in [0.29, 0.717) is 24.8 Å². The summed E-state index contributed by atoms with van der Waals surface area (Å²) in [6, 6.07) is 1.72. The molecule has 6 heteroatoms. The van der Waals surface area contributed by atoms with Gasteiger partial charge in [0.25, 0.3) is 0 Å². The van der Waals surface area contributed by atoms with Crippen LogP contribution in [0.2, 0.25) is 0 Å². The number of aromatic carboxylic acids is 1. The van der Waals surface area contributed by atoms with E-state index < -0.39 is 5.97 Å². The number of rotatable bonds is 7. The molecule has 0 aliphatic heterocycles. The number of carboxylic acids is 1. The second-order valence-corrected chi connectivity index (χ2v) is 4.13. The summed E-state index contributed by atoms with van der Waals surface area (Å²) < 4.78 is 4.95. The number of carboxylic acid groups (broad SMARTS) is 1. The lowest BCUT2D eigenvalue weighted by Crippen LogP contribution is -2.31. The third kappa shape index (κ3) is 4.16. The first-order chi connectivity index (χ1) is 8.04. The van der Waals surface area contributed by atoms with Crippen LogP contribution in [0.5, 0.6) is 0 Å². The lowest BCUT2D eigenvalue weighted by molar-refractivity contribution is 0.0685. The minimum absolute atomic E-state index is 0.0779. The van der Waals surface area contributed by atoms with Crippen LogP contribution >= 0.6 is 0 Å². The highest BCUT2D eigenvalue weighted by Gasteiger charge is 2.15. The van der Waals surface area contributed by atoms with Crippen LogP contribution in [0.25, 0.3) is 0 Å². The molecule has 96 valence electrons.